The van der Waals surface area contributed by atoms with Crippen LogP contribution in [0, 0.1) is 0 Å². The van der Waals surface area contributed by atoms with Crippen LogP contribution in [0.4, 0.5) is 5.69 Å². The molecule has 0 saturated heterocycles. The normalized spacial score (nSPS) is 10.9. The van der Waals surface area contributed by atoms with Gasteiger partial charge in [0.15, 0.2) is 0 Å². The first-order valence-corrected chi connectivity index (χ1v) is 6.96. The molecule has 3 rings (SSSR count). The van der Waals surface area contributed by atoms with E-state index in [9.17, 15) is 4.79 Å². The number of hydrogen-bond acceptors (Lipinski definition) is 5. The Labute approximate surface area is 127 Å². The number of fused-ring (bicyclic) bond motifs is 1. The highest BCUT2D eigenvalue weighted by Crippen LogP contribution is 2.15. The Hall–Kier alpha value is -2.89. The van der Waals surface area contributed by atoms with Crippen LogP contribution in [-0.4, -0.2) is 25.8 Å². The molecule has 0 atom stereocenters. The van der Waals surface area contributed by atoms with Crippen LogP contribution in [-0.2, 0) is 0 Å². The molecule has 110 valence electrons. The lowest BCUT2D eigenvalue weighted by molar-refractivity contribution is 0.102. The zero-order chi connectivity index (χ0) is 15.5. The minimum atomic E-state index is -0.221. The van der Waals surface area contributed by atoms with E-state index in [1.165, 1.54) is 6.33 Å². The number of amides is 1. The van der Waals surface area contributed by atoms with Crippen molar-refractivity contribution in [3.05, 3.63) is 54.5 Å². The van der Waals surface area contributed by atoms with E-state index in [4.69, 9.17) is 0 Å². The number of carbonyl (C=O) groups is 1. The molecule has 0 saturated carbocycles. The fourth-order valence-electron chi connectivity index (χ4n) is 2.02. The summed E-state index contributed by atoms with van der Waals surface area (Å²) in [6, 6.07) is 5.29. The maximum Gasteiger partial charge on any atom is 0.255 e. The molecule has 0 spiro atoms. The number of benzene rings is 1. The number of carbonyl (C=O) groups excluding carboxylic acids is 1. The minimum absolute atomic E-state index is 0.221. The van der Waals surface area contributed by atoms with Gasteiger partial charge in [-0.3, -0.25) is 4.79 Å². The van der Waals surface area contributed by atoms with E-state index < -0.39 is 0 Å². The predicted octanol–water partition coefficient (Wildman–Crippen LogP) is 2.80. The molecule has 2 heterocycles. The van der Waals surface area contributed by atoms with Gasteiger partial charge in [0.1, 0.15) is 12.2 Å². The fraction of sp³-hybridized carbons (Fsp3) is 0.188. The zero-order valence-corrected chi connectivity index (χ0v) is 12.3. The maximum atomic E-state index is 12.3. The highest BCUT2D eigenvalue weighted by Gasteiger charge is 2.09. The first-order valence-electron chi connectivity index (χ1n) is 6.96. The van der Waals surface area contributed by atoms with Gasteiger partial charge in [0.25, 0.3) is 5.91 Å². The van der Waals surface area contributed by atoms with Crippen LogP contribution in [0.15, 0.2) is 43.1 Å². The van der Waals surface area contributed by atoms with Crippen molar-refractivity contribution in [2.75, 3.05) is 5.32 Å². The molecule has 2 aromatic heterocycles. The van der Waals surface area contributed by atoms with Crippen molar-refractivity contribution < 1.29 is 4.79 Å². The molecule has 1 aromatic carbocycles. The molecule has 0 aliphatic rings. The molecule has 0 bridgehead atoms. The largest absolute Gasteiger partial charge is 0.319 e. The van der Waals surface area contributed by atoms with E-state index >= 15 is 0 Å². The summed E-state index contributed by atoms with van der Waals surface area (Å²) in [5.74, 6) is 0.784. The Morgan fingerprint density at radius 1 is 1.09 bits per heavy atom. The summed E-state index contributed by atoms with van der Waals surface area (Å²) in [6.45, 7) is 4.04. The van der Waals surface area contributed by atoms with Crippen molar-refractivity contribution in [2.24, 2.45) is 0 Å². The smallest absolute Gasteiger partial charge is 0.255 e. The third-order valence-electron chi connectivity index (χ3n) is 3.22. The van der Waals surface area contributed by atoms with Crippen LogP contribution in [0.5, 0.6) is 0 Å². The number of anilines is 1. The third kappa shape index (κ3) is 2.90. The van der Waals surface area contributed by atoms with Crippen molar-refractivity contribution in [1.82, 2.24) is 19.9 Å². The first-order chi connectivity index (χ1) is 10.6. The molecule has 3 aromatic rings. The lowest BCUT2D eigenvalue weighted by atomic mass is 10.1. The molecule has 6 heteroatoms. The molecule has 0 radical (unpaired) electrons. The highest BCUT2D eigenvalue weighted by molar-refractivity contribution is 6.05. The SMILES string of the molecule is CC(C)c1ncc(NC(=O)c2ccc3cncnc3c2)cn1. The Morgan fingerprint density at radius 2 is 1.86 bits per heavy atom. The molecule has 22 heavy (non-hydrogen) atoms. The number of rotatable bonds is 3. The lowest BCUT2D eigenvalue weighted by Gasteiger charge is -2.07. The standard InChI is InChI=1S/C16H15N5O/c1-10(2)15-18-7-13(8-19-15)21-16(22)11-3-4-12-6-17-9-20-14(12)5-11/h3-10H,1-2H3,(H,21,22). The van der Waals surface area contributed by atoms with Crippen LogP contribution in [0.2, 0.25) is 0 Å². The van der Waals surface area contributed by atoms with E-state index in [-0.39, 0.29) is 11.8 Å². The molecule has 0 unspecified atom stereocenters. The summed E-state index contributed by atoms with van der Waals surface area (Å²) >= 11 is 0. The van der Waals surface area contributed by atoms with E-state index in [0.717, 1.165) is 16.7 Å². The van der Waals surface area contributed by atoms with Crippen LogP contribution in [0.3, 0.4) is 0 Å². The molecule has 1 N–H and O–H groups in total. The van der Waals surface area contributed by atoms with Gasteiger partial charge < -0.3 is 5.32 Å². The molecular formula is C16H15N5O. The van der Waals surface area contributed by atoms with Crippen molar-refractivity contribution >= 4 is 22.5 Å². The topological polar surface area (TPSA) is 80.7 Å². The van der Waals surface area contributed by atoms with Crippen LogP contribution < -0.4 is 5.32 Å². The van der Waals surface area contributed by atoms with Crippen LogP contribution in [0.1, 0.15) is 35.9 Å². The highest BCUT2D eigenvalue weighted by atomic mass is 16.1. The number of aromatic nitrogens is 4. The Morgan fingerprint density at radius 3 is 2.59 bits per heavy atom. The van der Waals surface area contributed by atoms with Crippen molar-refractivity contribution in [3.8, 4) is 0 Å². The van der Waals surface area contributed by atoms with E-state index in [0.29, 0.717) is 11.3 Å². The first kappa shape index (κ1) is 14.1. The van der Waals surface area contributed by atoms with Gasteiger partial charge in [-0.2, -0.15) is 0 Å². The Bertz CT molecular complexity index is 814. The van der Waals surface area contributed by atoms with Crippen LogP contribution in [0.25, 0.3) is 10.9 Å². The second kappa shape index (κ2) is 5.85. The predicted molar refractivity (Wildman–Crippen MR) is 83.6 cm³/mol. The minimum Gasteiger partial charge on any atom is -0.319 e. The van der Waals surface area contributed by atoms with Gasteiger partial charge in [0, 0.05) is 23.1 Å². The summed E-state index contributed by atoms with van der Waals surface area (Å²) in [7, 11) is 0. The van der Waals surface area contributed by atoms with E-state index in [1.807, 2.05) is 19.9 Å². The van der Waals surface area contributed by atoms with E-state index in [1.54, 1.807) is 30.7 Å². The summed E-state index contributed by atoms with van der Waals surface area (Å²) in [4.78, 5) is 28.8. The van der Waals surface area contributed by atoms with Crippen LogP contribution >= 0.6 is 0 Å². The fourth-order valence-corrected chi connectivity index (χ4v) is 2.02. The summed E-state index contributed by atoms with van der Waals surface area (Å²) in [5, 5.41) is 3.67. The second-order valence-electron chi connectivity index (χ2n) is 5.24. The van der Waals surface area contributed by atoms with Gasteiger partial charge in [0.05, 0.1) is 23.6 Å². The van der Waals surface area contributed by atoms with E-state index in [2.05, 4.69) is 25.3 Å². The van der Waals surface area contributed by atoms with Gasteiger partial charge in [-0.05, 0) is 12.1 Å². The average Bonchev–Trinajstić information content (AvgIpc) is 2.55. The molecular weight excluding hydrogens is 278 g/mol. The number of nitrogens with zero attached hydrogens (tertiary/aromatic N) is 4. The summed E-state index contributed by atoms with van der Waals surface area (Å²) < 4.78 is 0. The van der Waals surface area contributed by atoms with Gasteiger partial charge in [-0.15, -0.1) is 0 Å². The molecule has 6 nitrogen and oxygen atoms in total. The van der Waals surface area contributed by atoms with Crippen molar-refractivity contribution in [1.29, 1.82) is 0 Å². The van der Waals surface area contributed by atoms with Crippen molar-refractivity contribution in [2.45, 2.75) is 19.8 Å². The van der Waals surface area contributed by atoms with Gasteiger partial charge in [-0.1, -0.05) is 19.9 Å². The molecule has 0 fully saturated rings. The van der Waals surface area contributed by atoms with Crippen molar-refractivity contribution in [3.63, 3.8) is 0 Å². The second-order valence-corrected chi connectivity index (χ2v) is 5.24. The quantitative estimate of drug-likeness (QED) is 0.803. The Balaban J connectivity index is 1.80. The molecule has 1 amide bonds. The summed E-state index contributed by atoms with van der Waals surface area (Å²) in [5.41, 5.74) is 1.82. The van der Waals surface area contributed by atoms with Gasteiger partial charge in [0.2, 0.25) is 0 Å². The lowest BCUT2D eigenvalue weighted by Crippen LogP contribution is -2.12. The number of nitrogens with one attached hydrogen (secondary N) is 1. The number of hydrogen-bond donors (Lipinski definition) is 1. The average molecular weight is 293 g/mol. The summed E-state index contributed by atoms with van der Waals surface area (Å²) in [6.07, 6.45) is 6.40. The van der Waals surface area contributed by atoms with Gasteiger partial charge in [-0.25, -0.2) is 19.9 Å². The van der Waals surface area contributed by atoms with Gasteiger partial charge >= 0.3 is 0 Å². The molecule has 0 aliphatic carbocycles. The zero-order valence-electron chi connectivity index (χ0n) is 12.3. The third-order valence-corrected chi connectivity index (χ3v) is 3.22. The monoisotopic (exact) mass is 293 g/mol. The maximum absolute atomic E-state index is 12.3. The molecule has 0 aliphatic heterocycles. The Kier molecular flexibility index (Phi) is 3.74.